The maximum absolute atomic E-state index is 13.0. The van der Waals surface area contributed by atoms with E-state index >= 15 is 0 Å². The minimum absolute atomic E-state index is 0.101. The monoisotopic (exact) mass is 1240 g/mol. The molecular weight excluding hydrogens is 1110 g/mol. The second-order valence-electron chi connectivity index (χ2n) is 24.9. The molecule has 84 heavy (non-hydrogen) atoms. The maximum Gasteiger partial charge on any atom is 0.472 e. The summed E-state index contributed by atoms with van der Waals surface area (Å²) in [6.07, 6.45) is 35.0. The van der Waals surface area contributed by atoms with E-state index in [0.717, 1.165) is 114 Å². The van der Waals surface area contributed by atoms with Crippen LogP contribution >= 0.6 is 15.6 Å². The number of esters is 4. The van der Waals surface area contributed by atoms with E-state index in [1.165, 1.54) is 109 Å². The molecule has 17 nitrogen and oxygen atoms in total. The lowest BCUT2D eigenvalue weighted by molar-refractivity contribution is -0.161. The topological polar surface area (TPSA) is 237 Å². The molecule has 0 rings (SSSR count). The number of aliphatic hydroxyl groups is 1. The third kappa shape index (κ3) is 56.6. The molecule has 0 spiro atoms. The standard InChI is InChI=1S/C65H126O17P2/c1-9-57(7)43-35-27-18-15-16-20-31-39-47-64(69)81-60(51-75-62(67)45-37-29-19-14-12-11-13-17-25-33-41-55(3)4)53-79-83(71,72)77-49-59(66)50-78-84(73,74)80-54-61(82-65(70)48-40-32-23-21-26-34-42-56(5)6)52-76-63(68)46-38-30-24-22-28-36-44-58(8)10-2/h55-61,66H,9-54H2,1-8H3,(H,71,72)(H,73,74)/t57?,58?,59-,60-,61-/m1/s1. The van der Waals surface area contributed by atoms with Crippen LogP contribution in [0.3, 0.4) is 0 Å². The summed E-state index contributed by atoms with van der Waals surface area (Å²) in [7, 11) is -9.89. The summed E-state index contributed by atoms with van der Waals surface area (Å²) >= 11 is 0. The summed E-state index contributed by atoms with van der Waals surface area (Å²) in [6.45, 7) is 14.0. The van der Waals surface area contributed by atoms with E-state index in [2.05, 4.69) is 55.4 Å². The van der Waals surface area contributed by atoms with Crippen molar-refractivity contribution in [3.05, 3.63) is 0 Å². The number of aliphatic hydroxyl groups excluding tert-OH is 1. The lowest BCUT2D eigenvalue weighted by Gasteiger charge is -2.21. The summed E-state index contributed by atoms with van der Waals surface area (Å²) < 4.78 is 68.0. The van der Waals surface area contributed by atoms with Gasteiger partial charge in [-0.1, -0.05) is 261 Å². The van der Waals surface area contributed by atoms with E-state index in [-0.39, 0.29) is 25.7 Å². The number of carbonyl (C=O) groups excluding carboxylic acids is 4. The summed E-state index contributed by atoms with van der Waals surface area (Å²) in [5, 5.41) is 10.5. The molecule has 0 radical (unpaired) electrons. The molecule has 0 saturated carbocycles. The third-order valence-electron chi connectivity index (χ3n) is 15.5. The first-order chi connectivity index (χ1) is 40.2. The second-order valence-corrected chi connectivity index (χ2v) is 27.8. The van der Waals surface area contributed by atoms with Gasteiger partial charge in [0.1, 0.15) is 19.3 Å². The Labute approximate surface area is 511 Å². The molecule has 0 aliphatic heterocycles. The number of unbranched alkanes of at least 4 members (excludes halogenated alkanes) is 26. The van der Waals surface area contributed by atoms with Crippen molar-refractivity contribution in [1.82, 2.24) is 0 Å². The Bertz CT molecular complexity index is 1680. The molecule has 4 unspecified atom stereocenters. The molecule has 0 amide bonds. The molecule has 0 aliphatic rings. The fraction of sp³-hybridized carbons (Fsp3) is 0.938. The van der Waals surface area contributed by atoms with Crippen LogP contribution in [0.5, 0.6) is 0 Å². The number of ether oxygens (including phenoxy) is 4. The quantitative estimate of drug-likeness (QED) is 0.0222. The minimum Gasteiger partial charge on any atom is -0.462 e. The first-order valence-electron chi connectivity index (χ1n) is 33.8. The van der Waals surface area contributed by atoms with Gasteiger partial charge < -0.3 is 33.8 Å². The van der Waals surface area contributed by atoms with Crippen molar-refractivity contribution in [1.29, 1.82) is 0 Å². The lowest BCUT2D eigenvalue weighted by atomic mass is 9.99. The van der Waals surface area contributed by atoms with Gasteiger partial charge in [0.15, 0.2) is 12.2 Å². The molecule has 0 aliphatic carbocycles. The molecular formula is C65H126O17P2. The highest BCUT2D eigenvalue weighted by Crippen LogP contribution is 2.45. The first-order valence-corrected chi connectivity index (χ1v) is 36.8. The van der Waals surface area contributed by atoms with Gasteiger partial charge in [-0.25, -0.2) is 9.13 Å². The van der Waals surface area contributed by atoms with Gasteiger partial charge in [0, 0.05) is 25.7 Å². The van der Waals surface area contributed by atoms with Crippen molar-refractivity contribution in [3.8, 4) is 0 Å². The zero-order valence-electron chi connectivity index (χ0n) is 54.5. The summed E-state index contributed by atoms with van der Waals surface area (Å²) in [5.41, 5.74) is 0. The molecule has 0 fully saturated rings. The first kappa shape index (κ1) is 82.1. The molecule has 0 saturated heterocycles. The highest BCUT2D eigenvalue weighted by molar-refractivity contribution is 7.47. The number of hydrogen-bond acceptors (Lipinski definition) is 15. The Kier molecular flexibility index (Phi) is 53.9. The van der Waals surface area contributed by atoms with E-state index in [9.17, 15) is 43.2 Å². The van der Waals surface area contributed by atoms with Crippen molar-refractivity contribution in [2.24, 2.45) is 23.7 Å². The number of hydrogen-bond donors (Lipinski definition) is 3. The molecule has 0 aromatic heterocycles. The zero-order valence-corrected chi connectivity index (χ0v) is 56.3. The highest BCUT2D eigenvalue weighted by Gasteiger charge is 2.30. The molecule has 498 valence electrons. The van der Waals surface area contributed by atoms with Gasteiger partial charge in [0.05, 0.1) is 26.4 Å². The summed E-state index contributed by atoms with van der Waals surface area (Å²) in [6, 6.07) is 0. The van der Waals surface area contributed by atoms with E-state index in [0.29, 0.717) is 31.6 Å². The fourth-order valence-corrected chi connectivity index (χ4v) is 11.1. The minimum atomic E-state index is -4.95. The van der Waals surface area contributed by atoms with Gasteiger partial charge in [-0.05, 0) is 49.4 Å². The van der Waals surface area contributed by atoms with Crippen LogP contribution < -0.4 is 0 Å². The molecule has 3 N–H and O–H groups in total. The molecule has 0 bridgehead atoms. The number of rotatable bonds is 62. The predicted molar refractivity (Wildman–Crippen MR) is 335 cm³/mol. The average molecular weight is 1240 g/mol. The zero-order chi connectivity index (χ0) is 62.5. The summed E-state index contributed by atoms with van der Waals surface area (Å²) in [5.74, 6) is 0.786. The largest absolute Gasteiger partial charge is 0.472 e. The van der Waals surface area contributed by atoms with Crippen LogP contribution in [0, 0.1) is 23.7 Å². The van der Waals surface area contributed by atoms with Crippen LogP contribution in [-0.4, -0.2) is 96.7 Å². The Balaban J connectivity index is 5.25. The normalized spacial score (nSPS) is 15.1. The van der Waals surface area contributed by atoms with Crippen molar-refractivity contribution in [2.75, 3.05) is 39.6 Å². The highest BCUT2D eigenvalue weighted by atomic mass is 31.2. The number of phosphoric acid groups is 2. The van der Waals surface area contributed by atoms with Gasteiger partial charge in [0.2, 0.25) is 0 Å². The lowest BCUT2D eigenvalue weighted by Crippen LogP contribution is -2.30. The van der Waals surface area contributed by atoms with E-state index in [4.69, 9.17) is 37.0 Å². The van der Waals surface area contributed by atoms with Gasteiger partial charge in [-0.15, -0.1) is 0 Å². The second kappa shape index (κ2) is 55.2. The molecule has 7 atom stereocenters. The molecule has 0 heterocycles. The Morgan fingerprint density at radius 1 is 0.333 bits per heavy atom. The third-order valence-corrected chi connectivity index (χ3v) is 17.4. The van der Waals surface area contributed by atoms with Gasteiger partial charge in [-0.2, -0.15) is 0 Å². The Hall–Kier alpha value is -1.94. The molecule has 0 aromatic carbocycles. The van der Waals surface area contributed by atoms with Crippen molar-refractivity contribution in [3.63, 3.8) is 0 Å². The summed E-state index contributed by atoms with van der Waals surface area (Å²) in [4.78, 5) is 72.2. The molecule has 19 heteroatoms. The SMILES string of the molecule is CCC(C)CCCCCCCCCCC(=O)O[C@H](COC(=O)CCCCCCCCCCCCC(C)C)COP(=O)(O)OC[C@@H](O)COP(=O)(O)OC[C@@H](COC(=O)CCCCCCCCC(C)CC)OC(=O)CCCCCCCCC(C)C. The fourth-order valence-electron chi connectivity index (χ4n) is 9.54. The van der Waals surface area contributed by atoms with Gasteiger partial charge in [-0.3, -0.25) is 37.3 Å². The Morgan fingerprint density at radius 2 is 0.571 bits per heavy atom. The van der Waals surface area contributed by atoms with Crippen molar-refractivity contribution >= 4 is 39.5 Å². The van der Waals surface area contributed by atoms with E-state index in [1.807, 2.05) is 0 Å². The number of phosphoric ester groups is 2. The van der Waals surface area contributed by atoms with Crippen LogP contribution in [0.25, 0.3) is 0 Å². The number of carbonyl (C=O) groups is 4. The van der Waals surface area contributed by atoms with Gasteiger partial charge in [0.25, 0.3) is 0 Å². The van der Waals surface area contributed by atoms with E-state index in [1.54, 1.807) is 0 Å². The van der Waals surface area contributed by atoms with Crippen LogP contribution in [0.4, 0.5) is 0 Å². The van der Waals surface area contributed by atoms with Crippen LogP contribution in [-0.2, 0) is 65.4 Å². The van der Waals surface area contributed by atoms with Crippen LogP contribution in [0.2, 0.25) is 0 Å². The Morgan fingerprint density at radius 3 is 0.845 bits per heavy atom. The van der Waals surface area contributed by atoms with Crippen molar-refractivity contribution < 1.29 is 80.2 Å². The predicted octanol–water partition coefficient (Wildman–Crippen LogP) is 17.8. The molecule has 0 aromatic rings. The maximum atomic E-state index is 13.0. The van der Waals surface area contributed by atoms with Crippen LogP contribution in [0.15, 0.2) is 0 Å². The van der Waals surface area contributed by atoms with E-state index < -0.39 is 97.5 Å². The average Bonchev–Trinajstić information content (AvgIpc) is 3.47. The smallest absolute Gasteiger partial charge is 0.462 e. The van der Waals surface area contributed by atoms with Gasteiger partial charge >= 0.3 is 39.5 Å². The van der Waals surface area contributed by atoms with Crippen LogP contribution in [0.1, 0.15) is 312 Å². The van der Waals surface area contributed by atoms with Crippen molar-refractivity contribution in [2.45, 2.75) is 331 Å².